The first-order valence-corrected chi connectivity index (χ1v) is 6.16. The lowest BCUT2D eigenvalue weighted by Gasteiger charge is -2.04. The third-order valence-corrected chi connectivity index (χ3v) is 3.02. The maximum absolute atomic E-state index is 12.0. The monoisotopic (exact) mass is 254 g/mol. The molecule has 0 bridgehead atoms. The van der Waals surface area contributed by atoms with Gasteiger partial charge in [-0.1, -0.05) is 6.07 Å². The second-order valence-electron chi connectivity index (χ2n) is 4.32. The third-order valence-electron chi connectivity index (χ3n) is 3.02. The van der Waals surface area contributed by atoms with Crippen molar-refractivity contribution in [3.05, 3.63) is 54.2 Å². The van der Waals surface area contributed by atoms with Crippen molar-refractivity contribution in [2.24, 2.45) is 0 Å². The molecule has 1 amide bonds. The molecule has 0 saturated carbocycles. The standard InChI is InChI=1S/C14H14N4O/c19-14(18-6-4-13-16-7-8-17-13)11-2-1-10-3-5-15-12(10)9-11/h1-3,5,7-9,15H,4,6H2,(H,16,17)(H,18,19). The van der Waals surface area contributed by atoms with E-state index < -0.39 is 0 Å². The molecule has 0 saturated heterocycles. The number of imidazole rings is 1. The van der Waals surface area contributed by atoms with E-state index in [1.165, 1.54) is 0 Å². The van der Waals surface area contributed by atoms with Gasteiger partial charge in [-0.3, -0.25) is 4.79 Å². The lowest BCUT2D eigenvalue weighted by Crippen LogP contribution is -2.25. The minimum absolute atomic E-state index is 0.0666. The summed E-state index contributed by atoms with van der Waals surface area (Å²) in [7, 11) is 0. The molecule has 0 fully saturated rings. The fourth-order valence-corrected chi connectivity index (χ4v) is 2.02. The van der Waals surface area contributed by atoms with Gasteiger partial charge in [-0.2, -0.15) is 0 Å². The molecule has 96 valence electrons. The van der Waals surface area contributed by atoms with Gasteiger partial charge in [-0.25, -0.2) is 4.98 Å². The van der Waals surface area contributed by atoms with Crippen LogP contribution in [0.4, 0.5) is 0 Å². The van der Waals surface area contributed by atoms with Gasteiger partial charge in [-0.05, 0) is 23.6 Å². The Morgan fingerprint density at radius 2 is 2.16 bits per heavy atom. The molecule has 5 heteroatoms. The Bertz CT molecular complexity index is 684. The molecule has 0 unspecified atom stereocenters. The summed E-state index contributed by atoms with van der Waals surface area (Å²) in [6.45, 7) is 0.565. The number of nitrogens with zero attached hydrogens (tertiary/aromatic N) is 1. The van der Waals surface area contributed by atoms with Crippen LogP contribution >= 0.6 is 0 Å². The predicted molar refractivity (Wildman–Crippen MR) is 72.9 cm³/mol. The summed E-state index contributed by atoms with van der Waals surface area (Å²) < 4.78 is 0. The smallest absolute Gasteiger partial charge is 0.251 e. The van der Waals surface area contributed by atoms with Crippen LogP contribution in [0.1, 0.15) is 16.2 Å². The van der Waals surface area contributed by atoms with Gasteiger partial charge in [0.1, 0.15) is 5.82 Å². The van der Waals surface area contributed by atoms with Gasteiger partial charge in [-0.15, -0.1) is 0 Å². The lowest BCUT2D eigenvalue weighted by molar-refractivity contribution is 0.0954. The Balaban J connectivity index is 1.63. The maximum atomic E-state index is 12.0. The van der Waals surface area contributed by atoms with E-state index in [0.29, 0.717) is 18.5 Å². The quantitative estimate of drug-likeness (QED) is 0.665. The van der Waals surface area contributed by atoms with Crippen LogP contribution in [0.3, 0.4) is 0 Å². The van der Waals surface area contributed by atoms with E-state index >= 15 is 0 Å². The van der Waals surface area contributed by atoms with Crippen molar-refractivity contribution >= 4 is 16.8 Å². The van der Waals surface area contributed by atoms with E-state index in [-0.39, 0.29) is 5.91 Å². The van der Waals surface area contributed by atoms with Gasteiger partial charge in [0.2, 0.25) is 0 Å². The number of hydrogen-bond donors (Lipinski definition) is 3. The van der Waals surface area contributed by atoms with E-state index in [4.69, 9.17) is 0 Å². The third kappa shape index (κ3) is 2.49. The van der Waals surface area contributed by atoms with Crippen LogP contribution in [0.2, 0.25) is 0 Å². The fourth-order valence-electron chi connectivity index (χ4n) is 2.02. The highest BCUT2D eigenvalue weighted by Crippen LogP contribution is 2.13. The van der Waals surface area contributed by atoms with E-state index in [1.54, 1.807) is 12.4 Å². The van der Waals surface area contributed by atoms with Crippen molar-refractivity contribution in [1.82, 2.24) is 20.3 Å². The molecular weight excluding hydrogens is 240 g/mol. The van der Waals surface area contributed by atoms with Crippen LogP contribution in [-0.4, -0.2) is 27.4 Å². The summed E-state index contributed by atoms with van der Waals surface area (Å²) >= 11 is 0. The fraction of sp³-hybridized carbons (Fsp3) is 0.143. The van der Waals surface area contributed by atoms with E-state index in [1.807, 2.05) is 30.5 Å². The molecule has 2 aromatic heterocycles. The van der Waals surface area contributed by atoms with E-state index in [0.717, 1.165) is 16.7 Å². The molecule has 19 heavy (non-hydrogen) atoms. The SMILES string of the molecule is O=C(NCCc1ncc[nH]1)c1ccc2cc[nH]c2c1. The van der Waals surface area contributed by atoms with E-state index in [9.17, 15) is 4.79 Å². The molecule has 2 heterocycles. The Kier molecular flexibility index (Phi) is 3.02. The molecule has 3 rings (SSSR count). The zero-order valence-electron chi connectivity index (χ0n) is 10.3. The number of aromatic amines is 2. The van der Waals surface area contributed by atoms with Crippen LogP contribution in [0.5, 0.6) is 0 Å². The Morgan fingerprint density at radius 1 is 1.21 bits per heavy atom. The average Bonchev–Trinajstić information content (AvgIpc) is 3.08. The number of carbonyl (C=O) groups excluding carboxylic acids is 1. The van der Waals surface area contributed by atoms with Crippen molar-refractivity contribution < 1.29 is 4.79 Å². The Hall–Kier alpha value is -2.56. The normalized spacial score (nSPS) is 10.7. The minimum Gasteiger partial charge on any atom is -0.361 e. The molecule has 1 aromatic carbocycles. The summed E-state index contributed by atoms with van der Waals surface area (Å²) in [5, 5.41) is 3.99. The Labute approximate surface area is 110 Å². The summed E-state index contributed by atoms with van der Waals surface area (Å²) in [6, 6.07) is 7.61. The molecular formula is C14H14N4O. The highest BCUT2D eigenvalue weighted by atomic mass is 16.1. The van der Waals surface area contributed by atoms with E-state index in [2.05, 4.69) is 20.3 Å². The van der Waals surface area contributed by atoms with Crippen LogP contribution in [0.15, 0.2) is 42.9 Å². The number of fused-ring (bicyclic) bond motifs is 1. The average molecular weight is 254 g/mol. The molecule has 0 aliphatic carbocycles. The van der Waals surface area contributed by atoms with Crippen LogP contribution in [0.25, 0.3) is 10.9 Å². The molecule has 0 spiro atoms. The Morgan fingerprint density at radius 3 is 3.00 bits per heavy atom. The number of aromatic nitrogens is 3. The molecule has 5 nitrogen and oxygen atoms in total. The summed E-state index contributed by atoms with van der Waals surface area (Å²) in [6.07, 6.45) is 6.04. The second kappa shape index (κ2) is 4.97. The number of amides is 1. The number of hydrogen-bond acceptors (Lipinski definition) is 2. The summed E-state index contributed by atoms with van der Waals surface area (Å²) in [5.74, 6) is 0.808. The van der Waals surface area contributed by atoms with Crippen LogP contribution in [-0.2, 0) is 6.42 Å². The first kappa shape index (κ1) is 11.5. The summed E-state index contributed by atoms with van der Waals surface area (Å²) in [5.41, 5.74) is 1.63. The topological polar surface area (TPSA) is 73.6 Å². The number of benzene rings is 1. The summed E-state index contributed by atoms with van der Waals surface area (Å²) in [4.78, 5) is 22.2. The van der Waals surface area contributed by atoms with Crippen molar-refractivity contribution in [2.75, 3.05) is 6.54 Å². The molecule has 0 radical (unpaired) electrons. The molecule has 3 aromatic rings. The van der Waals surface area contributed by atoms with Gasteiger partial charge in [0.15, 0.2) is 0 Å². The molecule has 0 atom stereocenters. The number of carbonyl (C=O) groups is 1. The number of H-pyrrole nitrogens is 2. The molecule has 3 N–H and O–H groups in total. The van der Waals surface area contributed by atoms with Crippen molar-refractivity contribution in [3.8, 4) is 0 Å². The van der Waals surface area contributed by atoms with Gasteiger partial charge in [0, 0.05) is 42.6 Å². The predicted octanol–water partition coefficient (Wildman–Crippen LogP) is 1.86. The second-order valence-corrected chi connectivity index (χ2v) is 4.32. The van der Waals surface area contributed by atoms with Crippen molar-refractivity contribution in [1.29, 1.82) is 0 Å². The van der Waals surface area contributed by atoms with Crippen LogP contribution < -0.4 is 5.32 Å². The zero-order chi connectivity index (χ0) is 13.1. The number of rotatable bonds is 4. The van der Waals surface area contributed by atoms with Crippen molar-refractivity contribution in [3.63, 3.8) is 0 Å². The van der Waals surface area contributed by atoms with Gasteiger partial charge >= 0.3 is 0 Å². The van der Waals surface area contributed by atoms with Crippen LogP contribution in [0, 0.1) is 0 Å². The van der Waals surface area contributed by atoms with Crippen molar-refractivity contribution in [2.45, 2.75) is 6.42 Å². The lowest BCUT2D eigenvalue weighted by atomic mass is 10.1. The zero-order valence-corrected chi connectivity index (χ0v) is 10.3. The van der Waals surface area contributed by atoms with Gasteiger partial charge in [0.05, 0.1) is 0 Å². The molecule has 0 aliphatic heterocycles. The van der Waals surface area contributed by atoms with Gasteiger partial charge < -0.3 is 15.3 Å². The first-order valence-electron chi connectivity index (χ1n) is 6.16. The van der Waals surface area contributed by atoms with Gasteiger partial charge in [0.25, 0.3) is 5.91 Å². The molecule has 0 aliphatic rings. The highest BCUT2D eigenvalue weighted by molar-refractivity contribution is 5.97. The minimum atomic E-state index is -0.0666. The highest BCUT2D eigenvalue weighted by Gasteiger charge is 2.06. The maximum Gasteiger partial charge on any atom is 0.251 e. The first-order chi connectivity index (χ1) is 9.33. The number of nitrogens with one attached hydrogen (secondary N) is 3. The largest absolute Gasteiger partial charge is 0.361 e.